The number of anilines is 1. The quantitative estimate of drug-likeness (QED) is 0.492. The number of carbonyl (C=O) groups is 2. The highest BCUT2D eigenvalue weighted by Crippen LogP contribution is 2.29. The summed E-state index contributed by atoms with van der Waals surface area (Å²) in [6.07, 6.45) is 3.24. The molecule has 0 heterocycles. The zero-order valence-corrected chi connectivity index (χ0v) is 16.8. The molecule has 0 bridgehead atoms. The van der Waals surface area contributed by atoms with E-state index in [0.29, 0.717) is 41.9 Å². The van der Waals surface area contributed by atoms with Crippen LogP contribution in [0.3, 0.4) is 0 Å². The summed E-state index contributed by atoms with van der Waals surface area (Å²) in [6, 6.07) is 12.4. The Morgan fingerprint density at radius 3 is 2.54 bits per heavy atom. The summed E-state index contributed by atoms with van der Waals surface area (Å²) >= 11 is 0. The number of benzene rings is 2. The number of hydrogen-bond donors (Lipinski definition) is 1. The predicted octanol–water partition coefficient (Wildman–Crippen LogP) is 4.97. The van der Waals surface area contributed by atoms with Crippen molar-refractivity contribution in [2.24, 2.45) is 5.92 Å². The van der Waals surface area contributed by atoms with Crippen LogP contribution < -0.4 is 14.8 Å². The minimum atomic E-state index is -0.177. The van der Waals surface area contributed by atoms with E-state index in [1.54, 1.807) is 30.3 Å². The van der Waals surface area contributed by atoms with E-state index >= 15 is 0 Å². The normalized spacial score (nSPS) is 10.9. The van der Waals surface area contributed by atoms with Crippen LogP contribution in [0.15, 0.2) is 48.5 Å². The van der Waals surface area contributed by atoms with Crippen LogP contribution in [0, 0.1) is 5.92 Å². The molecule has 0 atom stereocenters. The lowest BCUT2D eigenvalue weighted by molar-refractivity contribution is -0.114. The summed E-state index contributed by atoms with van der Waals surface area (Å²) in [5.74, 6) is 1.45. The molecule has 0 fully saturated rings. The van der Waals surface area contributed by atoms with Gasteiger partial charge in [0.2, 0.25) is 5.91 Å². The molecule has 2 rings (SSSR count). The fraction of sp³-hybridized carbons (Fsp3) is 0.304. The molecule has 2 aromatic rings. The van der Waals surface area contributed by atoms with Crippen LogP contribution in [0.1, 0.15) is 43.6 Å². The third-order valence-corrected chi connectivity index (χ3v) is 3.73. The highest BCUT2D eigenvalue weighted by molar-refractivity contribution is 6.07. The number of allylic oxidation sites excluding steroid dienone is 1. The van der Waals surface area contributed by atoms with Gasteiger partial charge >= 0.3 is 0 Å². The molecule has 0 aliphatic carbocycles. The van der Waals surface area contributed by atoms with Crippen molar-refractivity contribution < 1.29 is 19.1 Å². The molecule has 1 N–H and O–H groups in total. The highest BCUT2D eigenvalue weighted by Gasteiger charge is 2.08. The first-order chi connectivity index (χ1) is 13.4. The van der Waals surface area contributed by atoms with Crippen LogP contribution in [0.25, 0.3) is 6.08 Å². The molecule has 2 aromatic carbocycles. The van der Waals surface area contributed by atoms with E-state index < -0.39 is 0 Å². The van der Waals surface area contributed by atoms with E-state index in [0.717, 1.165) is 5.56 Å². The van der Waals surface area contributed by atoms with E-state index in [1.165, 1.54) is 13.0 Å². The average Bonchev–Trinajstić information content (AvgIpc) is 2.65. The number of carbonyl (C=O) groups excluding carboxylic acids is 2. The van der Waals surface area contributed by atoms with Gasteiger partial charge in [0, 0.05) is 18.2 Å². The molecule has 5 heteroatoms. The summed E-state index contributed by atoms with van der Waals surface area (Å²) < 4.78 is 11.5. The van der Waals surface area contributed by atoms with Gasteiger partial charge in [-0.3, -0.25) is 9.59 Å². The van der Waals surface area contributed by atoms with Gasteiger partial charge in [0.05, 0.1) is 13.2 Å². The first-order valence-electron chi connectivity index (χ1n) is 9.38. The summed E-state index contributed by atoms with van der Waals surface area (Å²) in [4.78, 5) is 23.6. The number of ether oxygens (including phenoxy) is 2. The maximum atomic E-state index is 12.5. The van der Waals surface area contributed by atoms with Crippen LogP contribution in [0.2, 0.25) is 0 Å². The average molecular weight is 381 g/mol. The number of hydrogen-bond acceptors (Lipinski definition) is 4. The molecule has 0 aliphatic heterocycles. The first-order valence-corrected chi connectivity index (χ1v) is 9.38. The maximum Gasteiger partial charge on any atom is 0.221 e. The summed E-state index contributed by atoms with van der Waals surface area (Å²) in [7, 11) is 0. The Labute approximate surface area is 166 Å². The van der Waals surface area contributed by atoms with Crippen molar-refractivity contribution >= 4 is 23.5 Å². The van der Waals surface area contributed by atoms with Crippen molar-refractivity contribution in [3.63, 3.8) is 0 Å². The summed E-state index contributed by atoms with van der Waals surface area (Å²) in [5.41, 5.74) is 1.94. The van der Waals surface area contributed by atoms with Crippen LogP contribution in [0.5, 0.6) is 11.5 Å². The van der Waals surface area contributed by atoms with E-state index in [-0.39, 0.29) is 11.7 Å². The molecule has 0 radical (unpaired) electrons. The lowest BCUT2D eigenvalue weighted by Crippen LogP contribution is -2.06. The monoisotopic (exact) mass is 381 g/mol. The molecule has 0 aliphatic rings. The Morgan fingerprint density at radius 2 is 1.86 bits per heavy atom. The minimum absolute atomic E-state index is 0.148. The van der Waals surface area contributed by atoms with Gasteiger partial charge in [0.15, 0.2) is 17.3 Å². The molecule has 0 saturated heterocycles. The molecule has 28 heavy (non-hydrogen) atoms. The van der Waals surface area contributed by atoms with Gasteiger partial charge in [-0.25, -0.2) is 0 Å². The van der Waals surface area contributed by atoms with Crippen molar-refractivity contribution in [3.8, 4) is 11.5 Å². The Kier molecular flexibility index (Phi) is 7.81. The standard InChI is InChI=1S/C23H27NO4/c1-5-27-23-13-18(10-12-22(23)28-15-16(2)3)9-11-21(26)19-7-6-8-20(14-19)24-17(4)25/h6-14,16H,5,15H2,1-4H3,(H,24,25)/b11-9+. The van der Waals surface area contributed by atoms with Crippen molar-refractivity contribution in [1.82, 2.24) is 0 Å². The fourth-order valence-electron chi connectivity index (χ4n) is 2.49. The maximum absolute atomic E-state index is 12.5. The second-order valence-electron chi connectivity index (χ2n) is 6.80. The van der Waals surface area contributed by atoms with E-state index in [4.69, 9.17) is 9.47 Å². The number of ketones is 1. The van der Waals surface area contributed by atoms with Crippen LogP contribution in [-0.4, -0.2) is 24.9 Å². The molecule has 0 saturated carbocycles. The topological polar surface area (TPSA) is 64.6 Å². The zero-order valence-electron chi connectivity index (χ0n) is 16.8. The molecule has 0 aromatic heterocycles. The molecule has 1 amide bonds. The third-order valence-electron chi connectivity index (χ3n) is 3.73. The molecule has 0 unspecified atom stereocenters. The SMILES string of the molecule is CCOc1cc(/C=C/C(=O)c2cccc(NC(C)=O)c2)ccc1OCC(C)C. The lowest BCUT2D eigenvalue weighted by atomic mass is 10.1. The van der Waals surface area contributed by atoms with E-state index in [1.807, 2.05) is 25.1 Å². The van der Waals surface area contributed by atoms with Gasteiger partial charge in [0.1, 0.15) is 0 Å². The third kappa shape index (κ3) is 6.58. The van der Waals surface area contributed by atoms with E-state index in [2.05, 4.69) is 19.2 Å². The van der Waals surface area contributed by atoms with Crippen LogP contribution in [-0.2, 0) is 4.79 Å². The largest absolute Gasteiger partial charge is 0.490 e. The summed E-state index contributed by atoms with van der Waals surface area (Å²) in [6.45, 7) is 8.66. The van der Waals surface area contributed by atoms with Gasteiger partial charge in [-0.2, -0.15) is 0 Å². The second kappa shape index (κ2) is 10.3. The summed E-state index contributed by atoms with van der Waals surface area (Å²) in [5, 5.41) is 2.68. The van der Waals surface area contributed by atoms with Gasteiger partial charge < -0.3 is 14.8 Å². The van der Waals surface area contributed by atoms with E-state index in [9.17, 15) is 9.59 Å². The number of nitrogens with one attached hydrogen (secondary N) is 1. The molecular formula is C23H27NO4. The fourth-order valence-corrected chi connectivity index (χ4v) is 2.49. The van der Waals surface area contributed by atoms with Crippen LogP contribution >= 0.6 is 0 Å². The minimum Gasteiger partial charge on any atom is -0.490 e. The molecular weight excluding hydrogens is 354 g/mol. The number of rotatable bonds is 9. The van der Waals surface area contributed by atoms with Crippen molar-refractivity contribution in [3.05, 3.63) is 59.7 Å². The van der Waals surface area contributed by atoms with Crippen molar-refractivity contribution in [2.45, 2.75) is 27.7 Å². The Balaban J connectivity index is 2.15. The second-order valence-corrected chi connectivity index (χ2v) is 6.80. The Morgan fingerprint density at radius 1 is 1.07 bits per heavy atom. The van der Waals surface area contributed by atoms with Gasteiger partial charge in [-0.15, -0.1) is 0 Å². The van der Waals surface area contributed by atoms with Gasteiger partial charge in [0.25, 0.3) is 0 Å². The van der Waals surface area contributed by atoms with Crippen LogP contribution in [0.4, 0.5) is 5.69 Å². The molecule has 5 nitrogen and oxygen atoms in total. The van der Waals surface area contributed by atoms with Crippen molar-refractivity contribution in [2.75, 3.05) is 18.5 Å². The molecule has 148 valence electrons. The molecule has 0 spiro atoms. The highest BCUT2D eigenvalue weighted by atomic mass is 16.5. The smallest absolute Gasteiger partial charge is 0.221 e. The lowest BCUT2D eigenvalue weighted by Gasteiger charge is -2.14. The van der Waals surface area contributed by atoms with Gasteiger partial charge in [-0.05, 0) is 48.7 Å². The van der Waals surface area contributed by atoms with Crippen molar-refractivity contribution in [1.29, 1.82) is 0 Å². The Bertz CT molecular complexity index is 855. The van der Waals surface area contributed by atoms with Gasteiger partial charge in [-0.1, -0.05) is 38.1 Å². The number of amides is 1. The Hall–Kier alpha value is -3.08. The first kappa shape index (κ1) is 21.2. The predicted molar refractivity (Wildman–Crippen MR) is 112 cm³/mol. The zero-order chi connectivity index (χ0) is 20.5.